The van der Waals surface area contributed by atoms with E-state index in [1.807, 2.05) is 24.3 Å². The molecular weight excluding hydrogens is 441 g/mol. The fourth-order valence-electron chi connectivity index (χ4n) is 3.43. The number of nitrogens with zero attached hydrogens (tertiary/aromatic N) is 2. The Morgan fingerprint density at radius 3 is 2.16 bits per heavy atom. The summed E-state index contributed by atoms with van der Waals surface area (Å²) in [6.45, 7) is 4.93. The average Bonchev–Trinajstić information content (AvgIpc) is 2.95. The highest BCUT2D eigenvalue weighted by Crippen LogP contribution is 2.37. The zero-order valence-electron chi connectivity index (χ0n) is 17.6. The molecule has 0 aromatic heterocycles. The molecule has 1 aliphatic heterocycles. The molecule has 2 N–H and O–H groups in total. The molecule has 172 valence electrons. The lowest BCUT2D eigenvalue weighted by Gasteiger charge is -2.22. The first-order chi connectivity index (χ1) is 15.2. The summed E-state index contributed by atoms with van der Waals surface area (Å²) < 4.78 is 37.3. The van der Waals surface area contributed by atoms with E-state index in [1.165, 1.54) is 31.2 Å². The number of hydrogen-bond donors (Lipinski definition) is 2. The Kier molecular flexibility index (Phi) is 8.03. The van der Waals surface area contributed by atoms with E-state index in [4.69, 9.17) is 0 Å². The van der Waals surface area contributed by atoms with Gasteiger partial charge in [0.25, 0.3) is 0 Å². The Bertz CT molecular complexity index is 920. The molecule has 0 radical (unpaired) electrons. The van der Waals surface area contributed by atoms with Crippen LogP contribution in [0.1, 0.15) is 18.9 Å². The Morgan fingerprint density at radius 2 is 1.53 bits per heavy atom. The molecule has 0 atom stereocenters. The number of thioether (sulfide) groups is 1. The highest BCUT2D eigenvalue weighted by molar-refractivity contribution is 8.00. The smallest absolute Gasteiger partial charge is 0.326 e. The molecule has 10 heteroatoms. The van der Waals surface area contributed by atoms with Crippen molar-refractivity contribution in [2.24, 2.45) is 0 Å². The van der Waals surface area contributed by atoms with Gasteiger partial charge in [-0.15, -0.1) is 0 Å². The molecular formula is C22H25F3N4O2S. The van der Waals surface area contributed by atoms with Crippen LogP contribution in [0.15, 0.2) is 53.4 Å². The molecule has 0 spiro atoms. The van der Waals surface area contributed by atoms with E-state index in [0.29, 0.717) is 25.3 Å². The average molecular weight is 467 g/mol. The molecule has 32 heavy (non-hydrogen) atoms. The summed E-state index contributed by atoms with van der Waals surface area (Å²) >= 11 is -0.184. The van der Waals surface area contributed by atoms with Crippen molar-refractivity contribution in [1.82, 2.24) is 9.80 Å². The van der Waals surface area contributed by atoms with Gasteiger partial charge in [0.2, 0.25) is 5.91 Å². The number of hydrogen-bond acceptors (Lipinski definition) is 4. The lowest BCUT2D eigenvalue weighted by atomic mass is 10.2. The van der Waals surface area contributed by atoms with Crippen LogP contribution in [0.4, 0.5) is 29.3 Å². The van der Waals surface area contributed by atoms with E-state index in [1.54, 1.807) is 4.90 Å². The van der Waals surface area contributed by atoms with E-state index < -0.39 is 5.51 Å². The van der Waals surface area contributed by atoms with E-state index in [-0.39, 0.29) is 28.6 Å². The minimum atomic E-state index is -4.34. The van der Waals surface area contributed by atoms with Crippen LogP contribution in [0.3, 0.4) is 0 Å². The second-order valence-electron chi connectivity index (χ2n) is 7.50. The molecule has 0 aliphatic carbocycles. The fourth-order valence-corrected chi connectivity index (χ4v) is 3.97. The first-order valence-corrected chi connectivity index (χ1v) is 11.0. The second kappa shape index (κ2) is 10.7. The Balaban J connectivity index is 1.49. The number of amides is 3. The maximum absolute atomic E-state index is 12.6. The third-order valence-corrected chi connectivity index (χ3v) is 5.63. The van der Waals surface area contributed by atoms with Crippen molar-refractivity contribution in [3.8, 4) is 0 Å². The van der Waals surface area contributed by atoms with Crippen molar-refractivity contribution in [3.63, 3.8) is 0 Å². The predicted octanol–water partition coefficient (Wildman–Crippen LogP) is 5.00. The van der Waals surface area contributed by atoms with E-state index in [0.717, 1.165) is 30.8 Å². The van der Waals surface area contributed by atoms with Gasteiger partial charge in [-0.2, -0.15) is 13.2 Å². The van der Waals surface area contributed by atoms with Gasteiger partial charge in [-0.05, 0) is 60.1 Å². The van der Waals surface area contributed by atoms with Gasteiger partial charge in [0.05, 0.1) is 0 Å². The van der Waals surface area contributed by atoms with Crippen molar-refractivity contribution >= 4 is 35.1 Å². The second-order valence-corrected chi connectivity index (χ2v) is 8.64. The first kappa shape index (κ1) is 23.9. The fraction of sp³-hybridized carbons (Fsp3) is 0.364. The molecule has 3 amide bonds. The monoisotopic (exact) mass is 466 g/mol. The predicted molar refractivity (Wildman–Crippen MR) is 120 cm³/mol. The largest absolute Gasteiger partial charge is 0.446 e. The quantitative estimate of drug-likeness (QED) is 0.609. The topological polar surface area (TPSA) is 64.7 Å². The molecule has 1 saturated heterocycles. The number of urea groups is 1. The highest BCUT2D eigenvalue weighted by Gasteiger charge is 2.29. The molecule has 2 aromatic carbocycles. The Hall–Kier alpha value is -2.72. The van der Waals surface area contributed by atoms with Crippen LogP contribution in [-0.4, -0.2) is 53.4 Å². The minimum absolute atomic E-state index is 0.0750. The zero-order valence-corrected chi connectivity index (χ0v) is 18.4. The molecule has 2 aromatic rings. The van der Waals surface area contributed by atoms with Gasteiger partial charge in [0.15, 0.2) is 0 Å². The SMILES string of the molecule is CC(=O)Nc1ccc(CN2CCCN(C(=O)Nc3ccc(SC(F)(F)F)cc3)CC2)cc1. The molecule has 0 saturated carbocycles. The number of benzene rings is 2. The van der Waals surface area contributed by atoms with Gasteiger partial charge in [-0.25, -0.2) is 4.79 Å². The number of nitrogens with one attached hydrogen (secondary N) is 2. The summed E-state index contributed by atoms with van der Waals surface area (Å²) in [6, 6.07) is 13.1. The Morgan fingerprint density at radius 1 is 0.906 bits per heavy atom. The molecule has 6 nitrogen and oxygen atoms in total. The number of carbonyl (C=O) groups is 2. The Labute approximate surface area is 189 Å². The minimum Gasteiger partial charge on any atom is -0.326 e. The highest BCUT2D eigenvalue weighted by atomic mass is 32.2. The lowest BCUT2D eigenvalue weighted by Crippen LogP contribution is -2.38. The van der Waals surface area contributed by atoms with Crippen LogP contribution in [-0.2, 0) is 11.3 Å². The molecule has 0 unspecified atom stereocenters. The van der Waals surface area contributed by atoms with E-state index in [9.17, 15) is 22.8 Å². The number of halogens is 3. The van der Waals surface area contributed by atoms with Crippen LogP contribution in [0, 0.1) is 0 Å². The van der Waals surface area contributed by atoms with Gasteiger partial charge in [-0.3, -0.25) is 9.69 Å². The molecule has 0 bridgehead atoms. The summed E-state index contributed by atoms with van der Waals surface area (Å²) in [5.41, 5.74) is -2.00. The number of alkyl halides is 3. The van der Waals surface area contributed by atoms with Crippen LogP contribution >= 0.6 is 11.8 Å². The van der Waals surface area contributed by atoms with Crippen LogP contribution in [0.5, 0.6) is 0 Å². The van der Waals surface area contributed by atoms with Crippen LogP contribution < -0.4 is 10.6 Å². The maximum Gasteiger partial charge on any atom is 0.446 e. The molecule has 1 aliphatic rings. The summed E-state index contributed by atoms with van der Waals surface area (Å²) in [7, 11) is 0. The number of rotatable bonds is 5. The summed E-state index contributed by atoms with van der Waals surface area (Å²) in [6.07, 6.45) is 0.818. The van der Waals surface area contributed by atoms with Crippen molar-refractivity contribution in [2.45, 2.75) is 30.3 Å². The first-order valence-electron chi connectivity index (χ1n) is 10.2. The van der Waals surface area contributed by atoms with Crippen molar-refractivity contribution in [2.75, 3.05) is 36.8 Å². The summed E-state index contributed by atoms with van der Waals surface area (Å²) in [5, 5.41) is 5.50. The molecule has 1 fully saturated rings. The number of carbonyl (C=O) groups excluding carboxylic acids is 2. The van der Waals surface area contributed by atoms with E-state index in [2.05, 4.69) is 15.5 Å². The van der Waals surface area contributed by atoms with Crippen LogP contribution in [0.25, 0.3) is 0 Å². The van der Waals surface area contributed by atoms with Gasteiger partial charge in [-0.1, -0.05) is 12.1 Å². The summed E-state index contributed by atoms with van der Waals surface area (Å²) in [4.78, 5) is 27.8. The lowest BCUT2D eigenvalue weighted by molar-refractivity contribution is -0.114. The third kappa shape index (κ3) is 7.76. The van der Waals surface area contributed by atoms with Gasteiger partial charge in [0.1, 0.15) is 0 Å². The standard InChI is InChI=1S/C22H25F3N4O2S/c1-16(30)26-18-5-3-17(4-6-18)15-28-11-2-12-29(14-13-28)21(31)27-19-7-9-20(10-8-19)32-22(23,24)25/h3-10H,2,11-15H2,1H3,(H,26,30)(H,27,31). The third-order valence-electron chi connectivity index (χ3n) is 4.90. The van der Waals surface area contributed by atoms with Gasteiger partial charge >= 0.3 is 11.5 Å². The maximum atomic E-state index is 12.6. The number of anilines is 2. The van der Waals surface area contributed by atoms with Crippen molar-refractivity contribution in [3.05, 3.63) is 54.1 Å². The molecule has 1 heterocycles. The van der Waals surface area contributed by atoms with E-state index >= 15 is 0 Å². The van der Waals surface area contributed by atoms with Crippen molar-refractivity contribution in [1.29, 1.82) is 0 Å². The van der Waals surface area contributed by atoms with Crippen LogP contribution in [0.2, 0.25) is 0 Å². The molecule has 3 rings (SSSR count). The van der Waals surface area contributed by atoms with Gasteiger partial charge < -0.3 is 15.5 Å². The normalized spacial score (nSPS) is 15.2. The van der Waals surface area contributed by atoms with Gasteiger partial charge in [0, 0.05) is 55.9 Å². The zero-order chi connectivity index (χ0) is 23.1. The summed E-state index contributed by atoms with van der Waals surface area (Å²) in [5.74, 6) is -0.111. The van der Waals surface area contributed by atoms with Crippen molar-refractivity contribution < 1.29 is 22.8 Å².